The normalized spacial score (nSPS) is 10.2. The fraction of sp³-hybridized carbons (Fsp3) is 0.267. The minimum absolute atomic E-state index is 0.0228. The fourth-order valence-corrected chi connectivity index (χ4v) is 1.34. The first-order chi connectivity index (χ1) is 10.5. The Bertz CT molecular complexity index is 546. The van der Waals surface area contributed by atoms with Crippen LogP contribution in [0.15, 0.2) is 36.4 Å². The van der Waals surface area contributed by atoms with Gasteiger partial charge in [-0.2, -0.15) is 0 Å². The Hall–Kier alpha value is -2.83. The minimum atomic E-state index is -0.697. The van der Waals surface area contributed by atoms with Crippen LogP contribution in [0.25, 0.3) is 0 Å². The highest BCUT2D eigenvalue weighted by molar-refractivity contribution is 5.91. The summed E-state index contributed by atoms with van der Waals surface area (Å²) in [5.41, 5.74) is 0. The molecule has 118 valence electrons. The van der Waals surface area contributed by atoms with E-state index in [1.807, 2.05) is 0 Å². The number of phenolic OH excluding ortho intramolecular Hbond substituents is 1. The molecule has 1 aromatic rings. The van der Waals surface area contributed by atoms with E-state index in [0.717, 1.165) is 12.2 Å². The number of rotatable bonds is 7. The first-order valence-electron chi connectivity index (χ1n) is 6.44. The highest BCUT2D eigenvalue weighted by atomic mass is 16.5. The molecule has 7 heteroatoms. The summed E-state index contributed by atoms with van der Waals surface area (Å²) in [6.07, 6.45) is 2.24. The maximum atomic E-state index is 11.5. The molecule has 0 aliphatic rings. The molecule has 0 atom stereocenters. The van der Waals surface area contributed by atoms with Crippen molar-refractivity contribution in [2.24, 2.45) is 0 Å². The van der Waals surface area contributed by atoms with E-state index in [2.05, 4.69) is 4.74 Å². The van der Waals surface area contributed by atoms with E-state index in [-0.39, 0.29) is 25.2 Å². The largest absolute Gasteiger partial charge is 0.508 e. The number of methoxy groups -OCH3 is 1. The minimum Gasteiger partial charge on any atom is -0.508 e. The number of ether oxygens (including phenoxy) is 3. The Morgan fingerprint density at radius 3 is 2.36 bits per heavy atom. The van der Waals surface area contributed by atoms with Crippen molar-refractivity contribution in [3.8, 4) is 11.5 Å². The first kappa shape index (κ1) is 17.2. The molecule has 0 aromatic heterocycles. The predicted octanol–water partition coefficient (Wildman–Crippen LogP) is 1.35. The van der Waals surface area contributed by atoms with Gasteiger partial charge >= 0.3 is 17.9 Å². The van der Waals surface area contributed by atoms with Gasteiger partial charge in [0.15, 0.2) is 0 Å². The van der Waals surface area contributed by atoms with Crippen LogP contribution in [0.1, 0.15) is 12.8 Å². The van der Waals surface area contributed by atoms with Gasteiger partial charge in [0.1, 0.15) is 11.5 Å². The van der Waals surface area contributed by atoms with Gasteiger partial charge < -0.3 is 19.3 Å². The Kier molecular flexibility index (Phi) is 7.18. The van der Waals surface area contributed by atoms with Crippen molar-refractivity contribution in [1.29, 1.82) is 0 Å². The molecule has 0 bridgehead atoms. The van der Waals surface area contributed by atoms with Crippen LogP contribution < -0.4 is 4.74 Å². The number of carbonyl (C=O) groups excluding carboxylic acids is 3. The molecule has 1 N–H and O–H groups in total. The number of benzene rings is 1. The second-order valence-corrected chi connectivity index (χ2v) is 4.10. The molecular formula is C15H16O7. The van der Waals surface area contributed by atoms with Gasteiger partial charge in [-0.25, -0.2) is 9.59 Å². The van der Waals surface area contributed by atoms with Crippen molar-refractivity contribution in [2.75, 3.05) is 13.7 Å². The van der Waals surface area contributed by atoms with Gasteiger partial charge in [-0.3, -0.25) is 4.79 Å². The van der Waals surface area contributed by atoms with Gasteiger partial charge in [-0.15, -0.1) is 0 Å². The van der Waals surface area contributed by atoms with Gasteiger partial charge in [0.05, 0.1) is 13.7 Å². The summed E-state index contributed by atoms with van der Waals surface area (Å²) in [5.74, 6) is -1.44. The summed E-state index contributed by atoms with van der Waals surface area (Å²) < 4.78 is 14.1. The van der Waals surface area contributed by atoms with Crippen molar-refractivity contribution in [2.45, 2.75) is 12.8 Å². The number of hydrogen-bond acceptors (Lipinski definition) is 7. The molecule has 0 saturated heterocycles. The molecule has 1 rings (SSSR count). The zero-order valence-electron chi connectivity index (χ0n) is 12.0. The highest BCUT2D eigenvalue weighted by Gasteiger charge is 2.06. The lowest BCUT2D eigenvalue weighted by Crippen LogP contribution is -2.10. The third-order valence-corrected chi connectivity index (χ3v) is 2.39. The summed E-state index contributed by atoms with van der Waals surface area (Å²) in [6.45, 7) is 0.0228. The van der Waals surface area contributed by atoms with Crippen LogP contribution in [0.2, 0.25) is 0 Å². The van der Waals surface area contributed by atoms with E-state index in [0.29, 0.717) is 5.75 Å². The SMILES string of the molecule is COC(=O)C=CC(=O)OCCCC(=O)Oc1ccc(O)cc1. The molecule has 0 radical (unpaired) electrons. The number of carbonyl (C=O) groups is 3. The molecular weight excluding hydrogens is 292 g/mol. The quantitative estimate of drug-likeness (QED) is 0.351. The first-order valence-corrected chi connectivity index (χ1v) is 6.44. The highest BCUT2D eigenvalue weighted by Crippen LogP contribution is 2.16. The molecule has 0 heterocycles. The molecule has 0 saturated carbocycles. The topological polar surface area (TPSA) is 99.1 Å². The predicted molar refractivity (Wildman–Crippen MR) is 75.1 cm³/mol. The molecule has 7 nitrogen and oxygen atoms in total. The lowest BCUT2D eigenvalue weighted by molar-refractivity contribution is -0.140. The summed E-state index contributed by atoms with van der Waals surface area (Å²) in [4.78, 5) is 33.4. The van der Waals surface area contributed by atoms with Crippen molar-refractivity contribution in [3.05, 3.63) is 36.4 Å². The standard InChI is InChI=1S/C15H16O7/c1-20-13(17)8-9-14(18)21-10-2-3-15(19)22-12-6-4-11(16)5-7-12/h4-9,16H,2-3,10H2,1H3. The molecule has 0 amide bonds. The molecule has 1 aromatic carbocycles. The molecule has 0 aliphatic carbocycles. The maximum absolute atomic E-state index is 11.5. The Morgan fingerprint density at radius 1 is 1.09 bits per heavy atom. The van der Waals surface area contributed by atoms with Gasteiger partial charge in [0.2, 0.25) is 0 Å². The monoisotopic (exact) mass is 308 g/mol. The molecule has 0 spiro atoms. The zero-order chi connectivity index (χ0) is 16.4. The molecule has 0 unspecified atom stereocenters. The van der Waals surface area contributed by atoms with Crippen LogP contribution in [0.3, 0.4) is 0 Å². The van der Waals surface area contributed by atoms with E-state index in [4.69, 9.17) is 14.6 Å². The molecule has 0 fully saturated rings. The zero-order valence-corrected chi connectivity index (χ0v) is 12.0. The second kappa shape index (κ2) is 9.17. The van der Waals surface area contributed by atoms with Crippen molar-refractivity contribution in [3.63, 3.8) is 0 Å². The number of esters is 3. The van der Waals surface area contributed by atoms with Gasteiger partial charge in [-0.1, -0.05) is 0 Å². The lowest BCUT2D eigenvalue weighted by atomic mass is 10.3. The van der Waals surface area contributed by atoms with Crippen LogP contribution in [-0.2, 0) is 23.9 Å². The van der Waals surface area contributed by atoms with Crippen molar-refractivity contribution < 1.29 is 33.7 Å². The van der Waals surface area contributed by atoms with E-state index in [1.165, 1.54) is 31.4 Å². The summed E-state index contributed by atoms with van der Waals surface area (Å²) in [5, 5.41) is 9.09. The molecule has 22 heavy (non-hydrogen) atoms. The average molecular weight is 308 g/mol. The summed E-state index contributed by atoms with van der Waals surface area (Å²) in [7, 11) is 1.19. The van der Waals surface area contributed by atoms with Gasteiger partial charge in [-0.05, 0) is 30.7 Å². The third-order valence-electron chi connectivity index (χ3n) is 2.39. The summed E-state index contributed by atoms with van der Waals surface area (Å²) >= 11 is 0. The smallest absolute Gasteiger partial charge is 0.331 e. The van der Waals surface area contributed by atoms with E-state index in [9.17, 15) is 14.4 Å². The van der Waals surface area contributed by atoms with E-state index >= 15 is 0 Å². The number of aromatic hydroxyl groups is 1. The van der Waals surface area contributed by atoms with Gasteiger partial charge in [0.25, 0.3) is 0 Å². The molecule has 0 aliphatic heterocycles. The van der Waals surface area contributed by atoms with E-state index in [1.54, 1.807) is 0 Å². The van der Waals surface area contributed by atoms with Crippen LogP contribution in [-0.4, -0.2) is 36.7 Å². The number of phenols is 1. The van der Waals surface area contributed by atoms with Crippen molar-refractivity contribution in [1.82, 2.24) is 0 Å². The van der Waals surface area contributed by atoms with Crippen LogP contribution in [0, 0.1) is 0 Å². The van der Waals surface area contributed by atoms with Crippen molar-refractivity contribution >= 4 is 17.9 Å². The summed E-state index contributed by atoms with van der Waals surface area (Å²) in [6, 6.07) is 5.73. The maximum Gasteiger partial charge on any atom is 0.331 e. The average Bonchev–Trinajstić information content (AvgIpc) is 2.51. The third kappa shape index (κ3) is 7.09. The Balaban J connectivity index is 2.20. The van der Waals surface area contributed by atoms with Crippen LogP contribution in [0.5, 0.6) is 11.5 Å². The lowest BCUT2D eigenvalue weighted by Gasteiger charge is -2.04. The Labute approximate surface area is 127 Å². The van der Waals surface area contributed by atoms with Crippen LogP contribution in [0.4, 0.5) is 0 Å². The number of hydrogen-bond donors (Lipinski definition) is 1. The Morgan fingerprint density at radius 2 is 1.73 bits per heavy atom. The van der Waals surface area contributed by atoms with Crippen LogP contribution >= 0.6 is 0 Å². The second-order valence-electron chi connectivity index (χ2n) is 4.10. The van der Waals surface area contributed by atoms with Gasteiger partial charge in [0, 0.05) is 18.6 Å². The van der Waals surface area contributed by atoms with E-state index < -0.39 is 17.9 Å². The fourth-order valence-electron chi connectivity index (χ4n) is 1.34.